The van der Waals surface area contributed by atoms with Crippen molar-refractivity contribution >= 4 is 34.2 Å². The number of nitrogens with zero attached hydrogens (tertiary/aromatic N) is 2. The highest BCUT2D eigenvalue weighted by Crippen LogP contribution is 2.31. The standard InChI is InChI=1S/C19H20N2O3S/c1-4-21(13(3)22)19-20-15(11-25-19)10-14-8-9-24-18-12(2)6-5-7-16(18)17(14)23/h5-7,10-11H,4,8-9H2,1-3H3. The molecule has 0 spiro atoms. The van der Waals surface area contributed by atoms with Crippen LogP contribution in [0.5, 0.6) is 5.75 Å². The van der Waals surface area contributed by atoms with Crippen LogP contribution in [-0.2, 0) is 4.79 Å². The predicted octanol–water partition coefficient (Wildman–Crippen LogP) is 3.87. The maximum atomic E-state index is 12.9. The number of aryl methyl sites for hydroxylation is 1. The fourth-order valence-corrected chi connectivity index (χ4v) is 3.74. The fraction of sp³-hybridized carbons (Fsp3) is 0.316. The van der Waals surface area contributed by atoms with E-state index in [-0.39, 0.29) is 11.7 Å². The zero-order valence-electron chi connectivity index (χ0n) is 14.5. The molecule has 5 nitrogen and oxygen atoms in total. The van der Waals surface area contributed by atoms with Gasteiger partial charge in [-0.1, -0.05) is 12.1 Å². The molecule has 0 saturated carbocycles. The van der Waals surface area contributed by atoms with Crippen LogP contribution in [-0.4, -0.2) is 29.8 Å². The van der Waals surface area contributed by atoms with Crippen LogP contribution >= 0.6 is 11.3 Å². The van der Waals surface area contributed by atoms with E-state index in [1.54, 1.807) is 17.0 Å². The summed E-state index contributed by atoms with van der Waals surface area (Å²) in [6, 6.07) is 5.60. The number of benzene rings is 1. The topological polar surface area (TPSA) is 59.5 Å². The highest BCUT2D eigenvalue weighted by Gasteiger charge is 2.22. The molecule has 0 N–H and O–H groups in total. The number of thiazole rings is 1. The Kier molecular flexibility index (Phi) is 4.99. The van der Waals surface area contributed by atoms with Gasteiger partial charge in [0.15, 0.2) is 10.9 Å². The lowest BCUT2D eigenvalue weighted by molar-refractivity contribution is -0.116. The zero-order valence-corrected chi connectivity index (χ0v) is 15.4. The van der Waals surface area contributed by atoms with E-state index in [4.69, 9.17) is 4.74 Å². The van der Waals surface area contributed by atoms with Crippen LogP contribution in [0.4, 0.5) is 5.13 Å². The first-order chi connectivity index (χ1) is 12.0. The van der Waals surface area contributed by atoms with E-state index >= 15 is 0 Å². The Hall–Kier alpha value is -2.47. The molecule has 6 heteroatoms. The zero-order chi connectivity index (χ0) is 18.0. The fourth-order valence-electron chi connectivity index (χ4n) is 2.85. The molecule has 0 fully saturated rings. The van der Waals surface area contributed by atoms with E-state index in [1.165, 1.54) is 18.3 Å². The van der Waals surface area contributed by atoms with Crippen molar-refractivity contribution < 1.29 is 14.3 Å². The van der Waals surface area contributed by atoms with Gasteiger partial charge in [0, 0.05) is 30.8 Å². The third-order valence-electron chi connectivity index (χ3n) is 4.13. The summed E-state index contributed by atoms with van der Waals surface area (Å²) in [7, 11) is 0. The number of carbonyl (C=O) groups excluding carboxylic acids is 2. The van der Waals surface area contributed by atoms with Gasteiger partial charge in [0.1, 0.15) is 5.75 Å². The Morgan fingerprint density at radius 3 is 2.96 bits per heavy atom. The third kappa shape index (κ3) is 3.49. The van der Waals surface area contributed by atoms with Crippen molar-refractivity contribution in [3.8, 4) is 5.75 Å². The molecule has 25 heavy (non-hydrogen) atoms. The molecular formula is C19H20N2O3S. The number of Topliss-reactive ketones (excluding diaryl/α,β-unsaturated/α-hetero) is 1. The monoisotopic (exact) mass is 356 g/mol. The van der Waals surface area contributed by atoms with Crippen molar-refractivity contribution in [1.29, 1.82) is 0 Å². The second-order valence-electron chi connectivity index (χ2n) is 5.87. The van der Waals surface area contributed by atoms with Gasteiger partial charge in [-0.2, -0.15) is 0 Å². The summed E-state index contributed by atoms with van der Waals surface area (Å²) < 4.78 is 5.78. The minimum atomic E-state index is -0.0422. The Bertz CT molecular complexity index is 854. The highest BCUT2D eigenvalue weighted by atomic mass is 32.1. The van der Waals surface area contributed by atoms with E-state index in [0.29, 0.717) is 47.3 Å². The number of amides is 1. The largest absolute Gasteiger partial charge is 0.492 e. The van der Waals surface area contributed by atoms with Crippen LogP contribution in [0.25, 0.3) is 6.08 Å². The van der Waals surface area contributed by atoms with Gasteiger partial charge >= 0.3 is 0 Å². The lowest BCUT2D eigenvalue weighted by Crippen LogP contribution is -2.27. The van der Waals surface area contributed by atoms with Crippen LogP contribution in [0.15, 0.2) is 29.2 Å². The Balaban J connectivity index is 1.93. The van der Waals surface area contributed by atoms with Gasteiger partial charge in [0.2, 0.25) is 5.91 Å². The summed E-state index contributed by atoms with van der Waals surface area (Å²) in [5, 5.41) is 2.51. The Morgan fingerprint density at radius 2 is 2.24 bits per heavy atom. The third-order valence-corrected chi connectivity index (χ3v) is 5.01. The Labute approximate surface area is 150 Å². The van der Waals surface area contributed by atoms with Gasteiger partial charge < -0.3 is 4.74 Å². The molecule has 1 aliphatic rings. The lowest BCUT2D eigenvalue weighted by atomic mass is 9.99. The van der Waals surface area contributed by atoms with E-state index in [9.17, 15) is 9.59 Å². The number of ketones is 1. The first-order valence-electron chi connectivity index (χ1n) is 8.22. The van der Waals surface area contributed by atoms with Crippen LogP contribution < -0.4 is 9.64 Å². The number of para-hydroxylation sites is 1. The molecule has 0 bridgehead atoms. The van der Waals surface area contributed by atoms with Crippen molar-refractivity contribution in [3.63, 3.8) is 0 Å². The number of ether oxygens (including phenoxy) is 1. The number of hydrogen-bond acceptors (Lipinski definition) is 5. The normalized spacial score (nSPS) is 15.5. The maximum Gasteiger partial charge on any atom is 0.225 e. The van der Waals surface area contributed by atoms with Gasteiger partial charge in [-0.15, -0.1) is 11.3 Å². The van der Waals surface area contributed by atoms with Gasteiger partial charge in [0.25, 0.3) is 0 Å². The molecule has 2 heterocycles. The number of rotatable bonds is 3. The minimum absolute atomic E-state index is 0.0235. The maximum absolute atomic E-state index is 12.9. The highest BCUT2D eigenvalue weighted by molar-refractivity contribution is 7.14. The number of hydrogen-bond donors (Lipinski definition) is 0. The van der Waals surface area contributed by atoms with E-state index in [0.717, 1.165) is 5.56 Å². The Morgan fingerprint density at radius 1 is 1.44 bits per heavy atom. The summed E-state index contributed by atoms with van der Waals surface area (Å²) in [6.07, 6.45) is 2.33. The molecule has 0 radical (unpaired) electrons. The smallest absolute Gasteiger partial charge is 0.225 e. The summed E-state index contributed by atoms with van der Waals surface area (Å²) in [4.78, 5) is 30.6. The lowest BCUT2D eigenvalue weighted by Gasteiger charge is -2.14. The van der Waals surface area contributed by atoms with Crippen molar-refractivity contribution in [2.24, 2.45) is 0 Å². The van der Waals surface area contributed by atoms with Crippen molar-refractivity contribution in [3.05, 3.63) is 46.0 Å². The van der Waals surface area contributed by atoms with Gasteiger partial charge in [-0.05, 0) is 31.6 Å². The van der Waals surface area contributed by atoms with Crippen LogP contribution in [0, 0.1) is 6.92 Å². The number of carbonyl (C=O) groups is 2. The molecule has 3 rings (SSSR count). The average molecular weight is 356 g/mol. The molecule has 1 amide bonds. The first kappa shape index (κ1) is 17.4. The van der Waals surface area contributed by atoms with E-state index in [1.807, 2.05) is 31.4 Å². The molecule has 1 aromatic heterocycles. The van der Waals surface area contributed by atoms with E-state index < -0.39 is 0 Å². The quantitative estimate of drug-likeness (QED) is 0.783. The van der Waals surface area contributed by atoms with Crippen molar-refractivity contribution in [2.75, 3.05) is 18.1 Å². The summed E-state index contributed by atoms with van der Waals surface area (Å²) >= 11 is 1.40. The van der Waals surface area contributed by atoms with Crippen LogP contribution in [0.3, 0.4) is 0 Å². The molecule has 0 saturated heterocycles. The van der Waals surface area contributed by atoms with Crippen LogP contribution in [0.2, 0.25) is 0 Å². The molecule has 1 aliphatic heterocycles. The second-order valence-corrected chi connectivity index (χ2v) is 6.70. The first-order valence-corrected chi connectivity index (χ1v) is 9.10. The summed E-state index contributed by atoms with van der Waals surface area (Å²) in [5.74, 6) is 0.604. The van der Waals surface area contributed by atoms with Gasteiger partial charge in [0.05, 0.1) is 17.9 Å². The molecule has 1 aromatic carbocycles. The number of anilines is 1. The summed E-state index contributed by atoms with van der Waals surface area (Å²) in [5.41, 5.74) is 2.92. The molecule has 0 atom stereocenters. The minimum Gasteiger partial charge on any atom is -0.492 e. The molecular weight excluding hydrogens is 336 g/mol. The van der Waals surface area contributed by atoms with Crippen LogP contribution in [0.1, 0.15) is 41.9 Å². The molecule has 0 unspecified atom stereocenters. The van der Waals surface area contributed by atoms with Gasteiger partial charge in [-0.3, -0.25) is 14.5 Å². The molecule has 0 aliphatic carbocycles. The number of aromatic nitrogens is 1. The molecule has 130 valence electrons. The van der Waals surface area contributed by atoms with E-state index in [2.05, 4.69) is 4.98 Å². The van der Waals surface area contributed by atoms with Crippen molar-refractivity contribution in [2.45, 2.75) is 27.2 Å². The second kappa shape index (κ2) is 7.19. The summed E-state index contributed by atoms with van der Waals surface area (Å²) in [6.45, 7) is 6.40. The average Bonchev–Trinajstić information content (AvgIpc) is 2.96. The molecule has 2 aromatic rings. The van der Waals surface area contributed by atoms with Gasteiger partial charge in [-0.25, -0.2) is 4.98 Å². The van der Waals surface area contributed by atoms with Crippen molar-refractivity contribution in [1.82, 2.24) is 4.98 Å². The number of fused-ring (bicyclic) bond motifs is 1. The SMILES string of the molecule is CCN(C(C)=O)c1nc(C=C2CCOc3c(C)cccc3C2=O)cs1. The predicted molar refractivity (Wildman–Crippen MR) is 99.4 cm³/mol.